The summed E-state index contributed by atoms with van der Waals surface area (Å²) in [4.78, 5) is 38.6. The lowest BCUT2D eigenvalue weighted by molar-refractivity contribution is -0.119. The largest absolute Gasteiger partial charge is 0.492 e. The van der Waals surface area contributed by atoms with Gasteiger partial charge in [-0.1, -0.05) is 13.3 Å². The Labute approximate surface area is 195 Å². The van der Waals surface area contributed by atoms with E-state index in [1.54, 1.807) is 24.4 Å². The van der Waals surface area contributed by atoms with E-state index in [1.807, 2.05) is 13.0 Å². The Kier molecular flexibility index (Phi) is 5.62. The number of nitrogens with one attached hydrogen (secondary N) is 1. The van der Waals surface area contributed by atoms with Gasteiger partial charge in [-0.25, -0.2) is 19.2 Å². The Hall–Kier alpha value is -4.34. The molecular weight excluding hydrogens is 434 g/mol. The first kappa shape index (κ1) is 21.5. The van der Waals surface area contributed by atoms with Crippen LogP contribution in [0.15, 0.2) is 60.0 Å². The van der Waals surface area contributed by atoms with E-state index < -0.39 is 0 Å². The number of anilines is 1. The summed E-state index contributed by atoms with van der Waals surface area (Å²) in [5.74, 6) is -0.446. The second-order valence-electron chi connectivity index (χ2n) is 8.27. The summed E-state index contributed by atoms with van der Waals surface area (Å²) in [6, 6.07) is 8.34. The van der Waals surface area contributed by atoms with Crippen LogP contribution in [0.5, 0.6) is 5.88 Å². The highest BCUT2D eigenvalue weighted by molar-refractivity contribution is 5.98. The minimum atomic E-state index is -0.369. The van der Waals surface area contributed by atoms with Crippen molar-refractivity contribution in [3.05, 3.63) is 71.3 Å². The molecule has 172 valence electrons. The minimum absolute atomic E-state index is 0.177. The van der Waals surface area contributed by atoms with Crippen LogP contribution in [-0.4, -0.2) is 40.3 Å². The van der Waals surface area contributed by atoms with Gasteiger partial charge in [0.25, 0.3) is 5.56 Å². The number of hydrogen-bond acceptors (Lipinski definition) is 7. The zero-order valence-corrected chi connectivity index (χ0v) is 18.5. The number of aromatic hydroxyl groups is 1. The Morgan fingerprint density at radius 2 is 1.97 bits per heavy atom. The maximum absolute atomic E-state index is 13.2. The van der Waals surface area contributed by atoms with Crippen LogP contribution in [0, 0.1) is 5.92 Å². The molecule has 2 bridgehead atoms. The molecule has 0 aromatic carbocycles. The summed E-state index contributed by atoms with van der Waals surface area (Å²) in [5, 5.41) is 18.3. The number of rotatable bonds is 2. The molecule has 0 saturated carbocycles. The summed E-state index contributed by atoms with van der Waals surface area (Å²) < 4.78 is 2.69. The summed E-state index contributed by atoms with van der Waals surface area (Å²) in [7, 11) is 0. The molecule has 1 atom stereocenters. The van der Waals surface area contributed by atoms with Crippen molar-refractivity contribution >= 4 is 11.6 Å². The van der Waals surface area contributed by atoms with Gasteiger partial charge in [0.05, 0.1) is 0 Å². The molecule has 0 saturated heterocycles. The minimum Gasteiger partial charge on any atom is -0.492 e. The van der Waals surface area contributed by atoms with Gasteiger partial charge < -0.3 is 10.4 Å². The predicted molar refractivity (Wildman–Crippen MR) is 125 cm³/mol. The van der Waals surface area contributed by atoms with E-state index in [2.05, 4.69) is 20.3 Å². The first-order valence-electron chi connectivity index (χ1n) is 11.1. The van der Waals surface area contributed by atoms with Crippen molar-refractivity contribution in [2.75, 3.05) is 5.32 Å². The van der Waals surface area contributed by atoms with Crippen molar-refractivity contribution in [2.45, 2.75) is 32.6 Å². The standard InChI is InChI=1S/C24H23N7O3/c1-15-5-2-3-6-17-13-16(8-12-26-17)20-21(28-22(15)33)24(30-14-25-11-9-19(30)32)31(29-20)18-7-4-10-27-23(18)34/h4,7-15H,2-3,5-6H2,1H3,(H,27,34)(H,28,33). The van der Waals surface area contributed by atoms with Crippen LogP contribution in [0.2, 0.25) is 0 Å². The lowest BCUT2D eigenvalue weighted by Gasteiger charge is -2.16. The average Bonchev–Trinajstić information content (AvgIpc) is 3.20. The fourth-order valence-electron chi connectivity index (χ4n) is 4.08. The fourth-order valence-corrected chi connectivity index (χ4v) is 4.08. The third kappa shape index (κ3) is 3.94. The van der Waals surface area contributed by atoms with Crippen LogP contribution in [0.25, 0.3) is 22.8 Å². The van der Waals surface area contributed by atoms with E-state index in [0.29, 0.717) is 11.4 Å². The highest BCUT2D eigenvalue weighted by Gasteiger charge is 2.27. The molecule has 0 aliphatic carbocycles. The van der Waals surface area contributed by atoms with E-state index in [-0.39, 0.29) is 34.8 Å². The van der Waals surface area contributed by atoms with Crippen molar-refractivity contribution in [3.8, 4) is 28.6 Å². The molecule has 1 aliphatic heterocycles. The van der Waals surface area contributed by atoms with Crippen LogP contribution < -0.4 is 10.9 Å². The monoisotopic (exact) mass is 457 g/mol. The smallest absolute Gasteiger partial charge is 0.259 e. The Morgan fingerprint density at radius 3 is 2.79 bits per heavy atom. The van der Waals surface area contributed by atoms with Gasteiger partial charge in [0.1, 0.15) is 23.4 Å². The van der Waals surface area contributed by atoms with Gasteiger partial charge in [0, 0.05) is 41.8 Å². The molecule has 0 fully saturated rings. The molecule has 0 radical (unpaired) electrons. The third-order valence-electron chi connectivity index (χ3n) is 5.91. The zero-order chi connectivity index (χ0) is 23.7. The predicted octanol–water partition coefficient (Wildman–Crippen LogP) is 2.88. The second kappa shape index (κ2) is 8.89. The van der Waals surface area contributed by atoms with E-state index in [0.717, 1.165) is 36.9 Å². The van der Waals surface area contributed by atoms with Gasteiger partial charge in [-0.15, -0.1) is 0 Å². The van der Waals surface area contributed by atoms with Crippen LogP contribution in [0.1, 0.15) is 31.9 Å². The molecule has 4 aromatic rings. The van der Waals surface area contributed by atoms with E-state index in [4.69, 9.17) is 5.10 Å². The molecule has 10 nitrogen and oxygen atoms in total. The molecule has 1 unspecified atom stereocenters. The van der Waals surface area contributed by atoms with Crippen molar-refractivity contribution in [3.63, 3.8) is 0 Å². The number of aryl methyl sites for hydroxylation is 1. The third-order valence-corrected chi connectivity index (χ3v) is 5.91. The van der Waals surface area contributed by atoms with Crippen LogP contribution in [-0.2, 0) is 11.2 Å². The molecule has 10 heteroatoms. The molecule has 1 amide bonds. The Bertz CT molecular complexity index is 1430. The number of hydrogen-bond donors (Lipinski definition) is 2. The SMILES string of the molecule is CC1CCCCc2cc(ccn2)-c2nn(-c3cccnc3O)c(-n3cnccc3=O)c2NC1=O. The number of pyridine rings is 2. The molecule has 1 aliphatic rings. The van der Waals surface area contributed by atoms with Crippen molar-refractivity contribution in [2.24, 2.45) is 5.92 Å². The van der Waals surface area contributed by atoms with Crippen molar-refractivity contribution in [1.82, 2.24) is 29.3 Å². The summed E-state index contributed by atoms with van der Waals surface area (Å²) in [6.45, 7) is 1.88. The highest BCUT2D eigenvalue weighted by Crippen LogP contribution is 2.36. The first-order valence-corrected chi connectivity index (χ1v) is 11.1. The maximum Gasteiger partial charge on any atom is 0.259 e. The normalized spacial score (nSPS) is 16.1. The Morgan fingerprint density at radius 1 is 1.09 bits per heavy atom. The molecular formula is C24H23N7O3. The van der Waals surface area contributed by atoms with Gasteiger partial charge in [0.15, 0.2) is 5.82 Å². The maximum atomic E-state index is 13.2. The number of aromatic nitrogens is 6. The zero-order valence-electron chi connectivity index (χ0n) is 18.5. The van der Waals surface area contributed by atoms with E-state index in [9.17, 15) is 14.7 Å². The van der Waals surface area contributed by atoms with E-state index >= 15 is 0 Å². The lowest BCUT2D eigenvalue weighted by atomic mass is 10.00. The van der Waals surface area contributed by atoms with Gasteiger partial charge in [-0.05, 0) is 43.5 Å². The molecule has 0 spiro atoms. The molecule has 5 heterocycles. The number of carbonyl (C=O) groups excluding carboxylic acids is 1. The second-order valence-corrected chi connectivity index (χ2v) is 8.27. The molecule has 2 N–H and O–H groups in total. The highest BCUT2D eigenvalue weighted by atomic mass is 16.3. The topological polar surface area (TPSA) is 128 Å². The molecule has 34 heavy (non-hydrogen) atoms. The molecule has 4 aromatic heterocycles. The van der Waals surface area contributed by atoms with Crippen molar-refractivity contribution in [1.29, 1.82) is 0 Å². The number of carbonyl (C=O) groups is 1. The van der Waals surface area contributed by atoms with Crippen molar-refractivity contribution < 1.29 is 9.90 Å². The summed E-state index contributed by atoms with van der Waals surface area (Å²) in [6.07, 6.45) is 9.24. The van der Waals surface area contributed by atoms with Gasteiger partial charge in [-0.2, -0.15) is 5.10 Å². The van der Waals surface area contributed by atoms with Crippen LogP contribution in [0.3, 0.4) is 0 Å². The number of amides is 1. The molecule has 5 rings (SSSR count). The van der Waals surface area contributed by atoms with Gasteiger partial charge in [0.2, 0.25) is 11.8 Å². The lowest BCUT2D eigenvalue weighted by Crippen LogP contribution is -2.24. The first-order chi connectivity index (χ1) is 16.5. The Balaban J connectivity index is 1.85. The van der Waals surface area contributed by atoms with Crippen LogP contribution >= 0.6 is 0 Å². The quantitative estimate of drug-likeness (QED) is 0.474. The number of fused-ring (bicyclic) bond motifs is 4. The fraction of sp³-hybridized carbons (Fsp3) is 0.250. The van der Waals surface area contributed by atoms with Gasteiger partial charge >= 0.3 is 0 Å². The summed E-state index contributed by atoms with van der Waals surface area (Å²) >= 11 is 0. The van der Waals surface area contributed by atoms with Crippen LogP contribution in [0.4, 0.5) is 5.69 Å². The summed E-state index contributed by atoms with van der Waals surface area (Å²) in [5.41, 5.74) is 2.32. The average molecular weight is 457 g/mol. The van der Waals surface area contributed by atoms with E-state index in [1.165, 1.54) is 34.0 Å². The van der Waals surface area contributed by atoms with Gasteiger partial charge in [-0.3, -0.25) is 14.6 Å². The number of nitrogens with zero attached hydrogens (tertiary/aromatic N) is 6.